The van der Waals surface area contributed by atoms with Gasteiger partial charge in [0.15, 0.2) is 11.6 Å². The van der Waals surface area contributed by atoms with Crippen LogP contribution in [0.25, 0.3) is 0 Å². The first-order valence-electron chi connectivity index (χ1n) is 10.0. The Morgan fingerprint density at radius 1 is 1.22 bits per heavy atom. The largest absolute Gasteiger partial charge is 0.490 e. The number of aromatic nitrogens is 2. The van der Waals surface area contributed by atoms with E-state index in [0.29, 0.717) is 12.6 Å². The van der Waals surface area contributed by atoms with Crippen LogP contribution in [0.3, 0.4) is 0 Å². The molecule has 1 aliphatic heterocycles. The number of rotatable bonds is 7. The summed E-state index contributed by atoms with van der Waals surface area (Å²) in [4.78, 5) is 2.86. The molecule has 2 aromatic carbocycles. The standard InChI is InChI=1S/C21H22F2N4O3S2/c1-13-2-4-14(5-3-13)16-6-7-24-10-15(16)11-30-19-8-18(23)20(9-17(19)22)32(28,29)27-21-25-12-26-31-21/h2-5,8-9,12,15-16,24H,6-7,10-11H2,1H3,(H,25,26,27)/t15-,16-/m1/s1. The van der Waals surface area contributed by atoms with E-state index in [0.717, 1.165) is 36.9 Å². The fourth-order valence-corrected chi connectivity index (χ4v) is 5.50. The lowest BCUT2D eigenvalue weighted by Gasteiger charge is -2.32. The second-order valence-electron chi connectivity index (χ2n) is 7.65. The van der Waals surface area contributed by atoms with Gasteiger partial charge in [-0.05, 0) is 31.4 Å². The molecule has 2 heterocycles. The number of aryl methyl sites for hydroxylation is 1. The highest BCUT2D eigenvalue weighted by Crippen LogP contribution is 2.32. The highest BCUT2D eigenvalue weighted by Gasteiger charge is 2.28. The number of hydrogen-bond acceptors (Lipinski definition) is 7. The maximum Gasteiger partial charge on any atom is 0.266 e. The lowest BCUT2D eigenvalue weighted by molar-refractivity contribution is 0.190. The number of nitrogens with one attached hydrogen (secondary N) is 2. The van der Waals surface area contributed by atoms with E-state index in [1.165, 1.54) is 11.1 Å². The van der Waals surface area contributed by atoms with E-state index in [-0.39, 0.29) is 29.3 Å². The predicted molar refractivity (Wildman–Crippen MR) is 117 cm³/mol. The summed E-state index contributed by atoms with van der Waals surface area (Å²) in [5, 5.41) is 3.27. The van der Waals surface area contributed by atoms with Gasteiger partial charge in [0.1, 0.15) is 17.0 Å². The van der Waals surface area contributed by atoms with Crippen LogP contribution in [-0.2, 0) is 10.0 Å². The number of hydrogen-bond donors (Lipinski definition) is 2. The molecule has 2 atom stereocenters. The molecule has 0 saturated carbocycles. The SMILES string of the molecule is Cc1ccc([C@H]2CCNC[C@@H]2COc2cc(F)c(S(=O)(=O)Nc3ncns3)cc2F)cc1. The van der Waals surface area contributed by atoms with Crippen molar-refractivity contribution in [3.8, 4) is 5.75 Å². The molecule has 1 aliphatic rings. The van der Waals surface area contributed by atoms with Crippen molar-refractivity contribution in [2.75, 3.05) is 24.4 Å². The predicted octanol–water partition coefficient (Wildman–Crippen LogP) is 3.70. The van der Waals surface area contributed by atoms with Crippen molar-refractivity contribution in [2.24, 2.45) is 5.92 Å². The number of ether oxygens (including phenoxy) is 1. The second-order valence-corrected chi connectivity index (χ2v) is 10.1. The first kappa shape index (κ1) is 22.6. The van der Waals surface area contributed by atoms with Crippen LogP contribution in [0.2, 0.25) is 0 Å². The first-order chi connectivity index (χ1) is 15.3. The van der Waals surface area contributed by atoms with Gasteiger partial charge in [-0.3, -0.25) is 4.72 Å². The van der Waals surface area contributed by atoms with Crippen molar-refractivity contribution < 1.29 is 21.9 Å². The molecule has 0 radical (unpaired) electrons. The molecule has 0 amide bonds. The molecule has 0 aliphatic carbocycles. The summed E-state index contributed by atoms with van der Waals surface area (Å²) < 4.78 is 65.3. The Kier molecular flexibility index (Phi) is 6.68. The molecule has 1 aromatic heterocycles. The average Bonchev–Trinajstić information content (AvgIpc) is 3.27. The lowest BCUT2D eigenvalue weighted by Crippen LogP contribution is -2.38. The van der Waals surface area contributed by atoms with Gasteiger partial charge in [0.25, 0.3) is 10.0 Å². The molecule has 0 spiro atoms. The zero-order valence-corrected chi connectivity index (χ0v) is 18.8. The van der Waals surface area contributed by atoms with Crippen molar-refractivity contribution in [1.29, 1.82) is 0 Å². The minimum Gasteiger partial charge on any atom is -0.490 e. The summed E-state index contributed by atoms with van der Waals surface area (Å²) in [6.45, 7) is 3.74. The van der Waals surface area contributed by atoms with Crippen LogP contribution in [0.5, 0.6) is 5.75 Å². The fraction of sp³-hybridized carbons (Fsp3) is 0.333. The average molecular weight is 481 g/mol. The Balaban J connectivity index is 1.49. The minimum absolute atomic E-state index is 0.0444. The van der Waals surface area contributed by atoms with Gasteiger partial charge in [0.05, 0.1) is 6.61 Å². The first-order valence-corrected chi connectivity index (χ1v) is 12.3. The number of benzene rings is 2. The van der Waals surface area contributed by atoms with E-state index in [2.05, 4.69) is 43.7 Å². The topological polar surface area (TPSA) is 93.2 Å². The highest BCUT2D eigenvalue weighted by molar-refractivity contribution is 7.93. The zero-order valence-electron chi connectivity index (χ0n) is 17.2. The third kappa shape index (κ3) is 5.05. The Hall–Kier alpha value is -2.63. The molecule has 4 rings (SSSR count). The third-order valence-corrected chi connectivity index (χ3v) is 7.49. The molecule has 1 saturated heterocycles. The number of sulfonamides is 1. The van der Waals surface area contributed by atoms with Gasteiger partial charge in [-0.1, -0.05) is 29.8 Å². The normalized spacial score (nSPS) is 19.0. The van der Waals surface area contributed by atoms with E-state index < -0.39 is 26.6 Å². The monoisotopic (exact) mass is 480 g/mol. The molecular weight excluding hydrogens is 458 g/mol. The number of piperidine rings is 1. The smallest absolute Gasteiger partial charge is 0.266 e. The molecule has 7 nitrogen and oxygen atoms in total. The zero-order chi connectivity index (χ0) is 22.7. The molecular formula is C21H22F2N4O3S2. The Morgan fingerprint density at radius 2 is 2.00 bits per heavy atom. The van der Waals surface area contributed by atoms with Gasteiger partial charge in [-0.2, -0.15) is 4.37 Å². The van der Waals surface area contributed by atoms with Crippen LogP contribution >= 0.6 is 11.5 Å². The molecule has 32 heavy (non-hydrogen) atoms. The maximum absolute atomic E-state index is 14.6. The summed E-state index contributed by atoms with van der Waals surface area (Å²) in [7, 11) is -4.36. The molecule has 1 fully saturated rings. The van der Waals surface area contributed by atoms with Gasteiger partial charge < -0.3 is 10.1 Å². The number of anilines is 1. The lowest BCUT2D eigenvalue weighted by atomic mass is 9.81. The van der Waals surface area contributed by atoms with Crippen molar-refractivity contribution in [3.63, 3.8) is 0 Å². The van der Waals surface area contributed by atoms with Crippen molar-refractivity contribution in [2.45, 2.75) is 24.2 Å². The number of halogens is 2. The van der Waals surface area contributed by atoms with Crippen LogP contribution in [0.15, 0.2) is 47.6 Å². The van der Waals surface area contributed by atoms with Gasteiger partial charge >= 0.3 is 0 Å². The van der Waals surface area contributed by atoms with E-state index in [4.69, 9.17) is 4.74 Å². The van der Waals surface area contributed by atoms with Gasteiger partial charge in [-0.15, -0.1) is 0 Å². The summed E-state index contributed by atoms with van der Waals surface area (Å²) in [6.07, 6.45) is 2.06. The molecule has 11 heteroatoms. The summed E-state index contributed by atoms with van der Waals surface area (Å²) in [5.41, 5.74) is 2.35. The molecule has 0 unspecified atom stereocenters. The van der Waals surface area contributed by atoms with Crippen molar-refractivity contribution >= 4 is 26.7 Å². The van der Waals surface area contributed by atoms with E-state index in [1.807, 2.05) is 6.92 Å². The Morgan fingerprint density at radius 3 is 2.72 bits per heavy atom. The second kappa shape index (κ2) is 9.47. The van der Waals surface area contributed by atoms with Crippen molar-refractivity contribution in [3.05, 3.63) is 65.5 Å². The van der Waals surface area contributed by atoms with Gasteiger partial charge in [-0.25, -0.2) is 22.2 Å². The van der Waals surface area contributed by atoms with Crippen LogP contribution in [0.4, 0.5) is 13.9 Å². The molecule has 3 aromatic rings. The highest BCUT2D eigenvalue weighted by atomic mass is 32.2. The molecule has 170 valence electrons. The van der Waals surface area contributed by atoms with E-state index in [9.17, 15) is 17.2 Å². The third-order valence-electron chi connectivity index (χ3n) is 5.43. The summed E-state index contributed by atoms with van der Waals surface area (Å²) >= 11 is 0.782. The summed E-state index contributed by atoms with van der Waals surface area (Å²) in [5.74, 6) is -2.13. The van der Waals surface area contributed by atoms with Crippen LogP contribution < -0.4 is 14.8 Å². The van der Waals surface area contributed by atoms with Crippen LogP contribution in [0.1, 0.15) is 23.5 Å². The van der Waals surface area contributed by atoms with Crippen LogP contribution in [0, 0.1) is 24.5 Å². The van der Waals surface area contributed by atoms with E-state index >= 15 is 0 Å². The van der Waals surface area contributed by atoms with E-state index in [1.54, 1.807) is 0 Å². The molecule has 0 bridgehead atoms. The van der Waals surface area contributed by atoms with Gasteiger partial charge in [0, 0.05) is 36.1 Å². The minimum atomic E-state index is -4.36. The molecule has 2 N–H and O–H groups in total. The van der Waals surface area contributed by atoms with Crippen molar-refractivity contribution in [1.82, 2.24) is 14.7 Å². The Bertz CT molecular complexity index is 1170. The van der Waals surface area contributed by atoms with Gasteiger partial charge in [0.2, 0.25) is 5.13 Å². The number of nitrogens with zero attached hydrogens (tertiary/aromatic N) is 2. The quantitative estimate of drug-likeness (QED) is 0.536. The Labute approximate surface area is 189 Å². The summed E-state index contributed by atoms with van der Waals surface area (Å²) in [6, 6.07) is 9.66. The fourth-order valence-electron chi connectivity index (χ4n) is 3.76. The van der Waals surface area contributed by atoms with Crippen LogP contribution in [-0.4, -0.2) is 37.5 Å². The maximum atomic E-state index is 14.6.